The van der Waals surface area contributed by atoms with Crippen molar-refractivity contribution in [3.63, 3.8) is 0 Å². The van der Waals surface area contributed by atoms with Crippen LogP contribution in [-0.2, 0) is 14.9 Å². The van der Waals surface area contributed by atoms with Gasteiger partial charge in [-0.1, -0.05) is 44.5 Å². The third-order valence-corrected chi connectivity index (χ3v) is 7.09. The molecule has 1 aliphatic heterocycles. The van der Waals surface area contributed by atoms with E-state index < -0.39 is 17.6 Å². The van der Waals surface area contributed by atoms with E-state index in [0.29, 0.717) is 42.5 Å². The number of carbonyl (C=O) groups is 2. The van der Waals surface area contributed by atoms with Crippen LogP contribution in [0.2, 0.25) is 5.02 Å². The molecule has 2 amide bonds. The van der Waals surface area contributed by atoms with Crippen molar-refractivity contribution in [1.29, 1.82) is 0 Å². The Morgan fingerprint density at radius 3 is 2.50 bits per heavy atom. The maximum Gasteiger partial charge on any atom is 0.254 e. The molecule has 38 heavy (non-hydrogen) atoms. The lowest BCUT2D eigenvalue weighted by molar-refractivity contribution is -0.119. The quantitative estimate of drug-likeness (QED) is 0.439. The molecule has 0 spiro atoms. The Kier molecular flexibility index (Phi) is 8.23. The lowest BCUT2D eigenvalue weighted by Gasteiger charge is -2.24. The molecule has 1 saturated heterocycles. The van der Waals surface area contributed by atoms with E-state index in [1.165, 1.54) is 17.0 Å². The Bertz CT molecular complexity index is 1330. The Morgan fingerprint density at radius 2 is 1.87 bits per heavy atom. The fourth-order valence-corrected chi connectivity index (χ4v) is 4.59. The molecule has 1 aromatic heterocycles. The standard InChI is InChI=1S/C29H34ClFN4O3/c1-18(19-9-10-23(24(31)15-19)27(36)32-21-11-13-38-14-12-21)28(37)34(5)26-17-25(29(2,3)4)33-35(26)22-8-6-7-20(30)16-22/h6-10,15-18,21H,11-14H2,1-5H3,(H,32,36). The summed E-state index contributed by atoms with van der Waals surface area (Å²) in [5.41, 5.74) is 1.72. The Hall–Kier alpha value is -3.23. The fourth-order valence-electron chi connectivity index (χ4n) is 4.41. The topological polar surface area (TPSA) is 76.5 Å². The minimum atomic E-state index is -0.664. The molecule has 202 valence electrons. The van der Waals surface area contributed by atoms with Gasteiger partial charge in [-0.2, -0.15) is 5.10 Å². The Balaban J connectivity index is 1.57. The van der Waals surface area contributed by atoms with E-state index in [9.17, 15) is 9.59 Å². The van der Waals surface area contributed by atoms with Gasteiger partial charge in [-0.15, -0.1) is 0 Å². The lowest BCUT2D eigenvalue weighted by atomic mass is 9.92. The maximum atomic E-state index is 15.0. The fraction of sp³-hybridized carbons (Fsp3) is 0.414. The number of hydrogen-bond donors (Lipinski definition) is 1. The monoisotopic (exact) mass is 540 g/mol. The number of halogens is 2. The minimum Gasteiger partial charge on any atom is -0.381 e. The molecule has 0 radical (unpaired) electrons. The van der Waals surface area contributed by atoms with Gasteiger partial charge in [0.2, 0.25) is 5.91 Å². The summed E-state index contributed by atoms with van der Waals surface area (Å²) >= 11 is 6.23. The van der Waals surface area contributed by atoms with Crippen LogP contribution in [0.15, 0.2) is 48.5 Å². The lowest BCUT2D eigenvalue weighted by Crippen LogP contribution is -2.39. The van der Waals surface area contributed by atoms with Crippen LogP contribution in [0.3, 0.4) is 0 Å². The van der Waals surface area contributed by atoms with Crippen molar-refractivity contribution >= 4 is 29.2 Å². The van der Waals surface area contributed by atoms with Crippen LogP contribution in [-0.4, -0.2) is 47.9 Å². The Labute approximate surface area is 227 Å². The molecule has 0 saturated carbocycles. The van der Waals surface area contributed by atoms with Crippen molar-refractivity contribution in [2.24, 2.45) is 0 Å². The second-order valence-corrected chi connectivity index (χ2v) is 11.2. The van der Waals surface area contributed by atoms with Crippen molar-refractivity contribution in [1.82, 2.24) is 15.1 Å². The van der Waals surface area contributed by atoms with Gasteiger partial charge in [0.25, 0.3) is 5.91 Å². The first kappa shape index (κ1) is 27.8. The first-order chi connectivity index (χ1) is 18.0. The van der Waals surface area contributed by atoms with Gasteiger partial charge >= 0.3 is 0 Å². The number of aromatic nitrogens is 2. The Morgan fingerprint density at radius 1 is 1.16 bits per heavy atom. The van der Waals surface area contributed by atoms with Gasteiger partial charge in [0.05, 0.1) is 22.9 Å². The zero-order valence-electron chi connectivity index (χ0n) is 22.4. The van der Waals surface area contributed by atoms with Crippen LogP contribution < -0.4 is 10.2 Å². The SMILES string of the molecule is CC(C(=O)N(C)c1cc(C(C)(C)C)nn1-c1cccc(Cl)c1)c1ccc(C(=O)NC2CCOCC2)c(F)c1. The van der Waals surface area contributed by atoms with Gasteiger partial charge in [0.1, 0.15) is 11.6 Å². The number of ether oxygens (including phenoxy) is 1. The van der Waals surface area contributed by atoms with Gasteiger partial charge in [-0.25, -0.2) is 9.07 Å². The van der Waals surface area contributed by atoms with Crippen LogP contribution in [0, 0.1) is 5.82 Å². The van der Waals surface area contributed by atoms with Gasteiger partial charge < -0.3 is 10.1 Å². The van der Waals surface area contributed by atoms with E-state index >= 15 is 4.39 Å². The molecule has 1 atom stereocenters. The largest absolute Gasteiger partial charge is 0.381 e. The minimum absolute atomic E-state index is 0.0354. The van der Waals surface area contributed by atoms with Crippen molar-refractivity contribution in [3.05, 3.63) is 76.2 Å². The molecule has 1 unspecified atom stereocenters. The molecule has 2 heterocycles. The third-order valence-electron chi connectivity index (χ3n) is 6.85. The number of nitrogens with one attached hydrogen (secondary N) is 1. The number of carbonyl (C=O) groups excluding carboxylic acids is 2. The smallest absolute Gasteiger partial charge is 0.254 e. The molecular formula is C29H34ClFN4O3. The number of benzene rings is 2. The summed E-state index contributed by atoms with van der Waals surface area (Å²) in [6, 6.07) is 13.4. The molecule has 1 fully saturated rings. The van der Waals surface area contributed by atoms with E-state index in [4.69, 9.17) is 21.4 Å². The highest BCUT2D eigenvalue weighted by molar-refractivity contribution is 6.30. The number of amides is 2. The molecule has 1 aliphatic rings. The van der Waals surface area contributed by atoms with Crippen LogP contribution in [0.1, 0.15) is 68.1 Å². The van der Waals surface area contributed by atoms with Gasteiger partial charge in [0.15, 0.2) is 0 Å². The molecule has 2 aromatic carbocycles. The van der Waals surface area contributed by atoms with Crippen molar-refractivity contribution in [2.75, 3.05) is 25.2 Å². The van der Waals surface area contributed by atoms with Gasteiger partial charge in [0, 0.05) is 42.8 Å². The summed E-state index contributed by atoms with van der Waals surface area (Å²) in [5, 5.41) is 8.20. The number of anilines is 1. The summed E-state index contributed by atoms with van der Waals surface area (Å²) in [6.07, 6.45) is 1.40. The first-order valence-corrected chi connectivity index (χ1v) is 13.2. The van der Waals surface area contributed by atoms with E-state index in [1.807, 2.05) is 39.0 Å². The van der Waals surface area contributed by atoms with Crippen molar-refractivity contribution in [2.45, 2.75) is 57.9 Å². The predicted octanol–water partition coefficient (Wildman–Crippen LogP) is 5.64. The van der Waals surface area contributed by atoms with Gasteiger partial charge in [-0.3, -0.25) is 14.5 Å². The summed E-state index contributed by atoms with van der Waals surface area (Å²) in [7, 11) is 1.68. The predicted molar refractivity (Wildman–Crippen MR) is 147 cm³/mol. The van der Waals surface area contributed by atoms with E-state index in [2.05, 4.69) is 5.32 Å². The van der Waals surface area contributed by atoms with E-state index in [-0.39, 0.29) is 22.9 Å². The molecule has 9 heteroatoms. The molecule has 1 N–H and O–H groups in total. The molecule has 7 nitrogen and oxygen atoms in total. The summed E-state index contributed by atoms with van der Waals surface area (Å²) in [6.45, 7) is 9.03. The summed E-state index contributed by atoms with van der Waals surface area (Å²) < 4.78 is 22.0. The highest BCUT2D eigenvalue weighted by atomic mass is 35.5. The molecular weight excluding hydrogens is 507 g/mol. The second kappa shape index (κ2) is 11.3. The van der Waals surface area contributed by atoms with E-state index in [1.54, 1.807) is 36.9 Å². The number of rotatable bonds is 6. The van der Waals surface area contributed by atoms with Crippen molar-refractivity contribution < 1.29 is 18.7 Å². The number of nitrogens with zero attached hydrogens (tertiary/aromatic N) is 3. The second-order valence-electron chi connectivity index (χ2n) is 10.7. The molecule has 0 bridgehead atoms. The zero-order valence-corrected chi connectivity index (χ0v) is 23.2. The maximum absolute atomic E-state index is 15.0. The summed E-state index contributed by atoms with van der Waals surface area (Å²) in [4.78, 5) is 27.8. The number of hydrogen-bond acceptors (Lipinski definition) is 4. The number of likely N-dealkylation sites (N-methyl/N-ethyl adjacent to an activating group) is 1. The zero-order chi connectivity index (χ0) is 27.6. The molecule has 4 rings (SSSR count). The molecule has 0 aliphatic carbocycles. The van der Waals surface area contributed by atoms with Gasteiger partial charge in [-0.05, 0) is 55.7 Å². The van der Waals surface area contributed by atoms with E-state index in [0.717, 1.165) is 11.4 Å². The highest BCUT2D eigenvalue weighted by Crippen LogP contribution is 2.31. The van der Waals surface area contributed by atoms with Crippen LogP contribution in [0.25, 0.3) is 5.69 Å². The first-order valence-electron chi connectivity index (χ1n) is 12.8. The van der Waals surface area contributed by atoms with Crippen LogP contribution in [0.5, 0.6) is 0 Å². The normalized spacial score (nSPS) is 15.2. The van der Waals surface area contributed by atoms with Crippen LogP contribution in [0.4, 0.5) is 10.2 Å². The average molecular weight is 541 g/mol. The molecule has 3 aromatic rings. The summed E-state index contributed by atoms with van der Waals surface area (Å²) in [5.74, 6) is -1.46. The average Bonchev–Trinajstić information content (AvgIpc) is 3.34. The van der Waals surface area contributed by atoms with Crippen LogP contribution >= 0.6 is 11.6 Å². The van der Waals surface area contributed by atoms with Crippen molar-refractivity contribution in [3.8, 4) is 5.69 Å². The highest BCUT2D eigenvalue weighted by Gasteiger charge is 2.28. The third kappa shape index (κ3) is 6.08.